The minimum Gasteiger partial charge on any atom is -0.480 e. The Hall–Kier alpha value is -2.44. The summed E-state index contributed by atoms with van der Waals surface area (Å²) in [5.41, 5.74) is 0.344. The molecule has 0 aliphatic carbocycles. The third-order valence-electron chi connectivity index (χ3n) is 2.08. The number of halogens is 1. The van der Waals surface area contributed by atoms with E-state index in [1.807, 2.05) is 5.32 Å². The zero-order valence-corrected chi connectivity index (χ0v) is 9.22. The summed E-state index contributed by atoms with van der Waals surface area (Å²) < 4.78 is 12.6. The van der Waals surface area contributed by atoms with Gasteiger partial charge in [0, 0.05) is 5.69 Å². The molecule has 0 saturated heterocycles. The smallest absolute Gasteiger partial charge is 0.326 e. The number of anilines is 1. The van der Waals surface area contributed by atoms with Crippen LogP contribution in [-0.4, -0.2) is 29.4 Å². The van der Waals surface area contributed by atoms with Gasteiger partial charge in [-0.05, 0) is 24.3 Å². The van der Waals surface area contributed by atoms with Crippen molar-refractivity contribution >= 4 is 24.0 Å². The molecule has 1 aromatic rings. The molecule has 0 aliphatic heterocycles. The Morgan fingerprint density at radius 1 is 1.33 bits per heavy atom. The van der Waals surface area contributed by atoms with Crippen molar-refractivity contribution in [2.75, 3.05) is 5.32 Å². The average Bonchev–Trinajstić information content (AvgIpc) is 2.31. The van der Waals surface area contributed by atoms with Crippen LogP contribution in [0.5, 0.6) is 0 Å². The van der Waals surface area contributed by atoms with Crippen LogP contribution in [0.3, 0.4) is 0 Å². The lowest BCUT2D eigenvalue weighted by Gasteiger charge is -2.11. The van der Waals surface area contributed by atoms with Crippen LogP contribution in [0.15, 0.2) is 24.3 Å². The number of rotatable bonds is 6. The van der Waals surface area contributed by atoms with Gasteiger partial charge in [0.15, 0.2) is 0 Å². The van der Waals surface area contributed by atoms with E-state index in [-0.39, 0.29) is 6.41 Å². The SMILES string of the molecule is O=CNC(CC(=O)Nc1ccc(F)cc1)C(=O)O. The van der Waals surface area contributed by atoms with E-state index in [1.165, 1.54) is 12.1 Å². The molecule has 0 fully saturated rings. The van der Waals surface area contributed by atoms with E-state index in [0.717, 1.165) is 12.1 Å². The highest BCUT2D eigenvalue weighted by Gasteiger charge is 2.20. The Kier molecular flexibility index (Phi) is 4.79. The molecule has 1 unspecified atom stereocenters. The predicted octanol–water partition coefficient (Wildman–Crippen LogP) is 0.353. The van der Waals surface area contributed by atoms with Gasteiger partial charge in [-0.2, -0.15) is 0 Å². The van der Waals surface area contributed by atoms with E-state index in [1.54, 1.807) is 0 Å². The van der Waals surface area contributed by atoms with Crippen LogP contribution in [0.1, 0.15) is 6.42 Å². The molecule has 18 heavy (non-hydrogen) atoms. The highest BCUT2D eigenvalue weighted by molar-refractivity contribution is 5.94. The van der Waals surface area contributed by atoms with Crippen LogP contribution in [0, 0.1) is 5.82 Å². The molecule has 0 saturated carbocycles. The van der Waals surface area contributed by atoms with Gasteiger partial charge >= 0.3 is 5.97 Å². The van der Waals surface area contributed by atoms with E-state index in [4.69, 9.17) is 5.11 Å². The van der Waals surface area contributed by atoms with Crippen molar-refractivity contribution in [3.8, 4) is 0 Å². The fraction of sp³-hybridized carbons (Fsp3) is 0.182. The molecule has 6 nitrogen and oxygen atoms in total. The van der Waals surface area contributed by atoms with Crippen LogP contribution >= 0.6 is 0 Å². The lowest BCUT2D eigenvalue weighted by molar-refractivity contribution is -0.142. The maximum Gasteiger partial charge on any atom is 0.326 e. The lowest BCUT2D eigenvalue weighted by atomic mass is 10.2. The second kappa shape index (κ2) is 6.33. The number of nitrogens with one attached hydrogen (secondary N) is 2. The number of carboxylic acid groups (broad SMARTS) is 1. The Bertz CT molecular complexity index is 447. The maximum absolute atomic E-state index is 12.6. The van der Waals surface area contributed by atoms with Crippen LogP contribution in [0.25, 0.3) is 0 Å². The fourth-order valence-corrected chi connectivity index (χ4v) is 1.23. The number of aliphatic carboxylic acids is 1. The number of carboxylic acids is 1. The molecule has 0 radical (unpaired) electrons. The number of carbonyl (C=O) groups excluding carboxylic acids is 2. The number of amides is 2. The van der Waals surface area contributed by atoms with Gasteiger partial charge in [0.25, 0.3) is 0 Å². The van der Waals surface area contributed by atoms with Crippen LogP contribution in [0.4, 0.5) is 10.1 Å². The molecule has 1 atom stereocenters. The predicted molar refractivity (Wildman–Crippen MR) is 60.3 cm³/mol. The summed E-state index contributed by atoms with van der Waals surface area (Å²) in [5, 5.41) is 13.1. The molecule has 0 spiro atoms. The molecule has 0 aromatic heterocycles. The zero-order valence-electron chi connectivity index (χ0n) is 9.22. The highest BCUT2D eigenvalue weighted by Crippen LogP contribution is 2.09. The molecule has 0 aliphatic rings. The monoisotopic (exact) mass is 254 g/mol. The van der Waals surface area contributed by atoms with Crippen molar-refractivity contribution in [2.24, 2.45) is 0 Å². The van der Waals surface area contributed by atoms with E-state index < -0.39 is 30.2 Å². The second-order valence-electron chi connectivity index (χ2n) is 3.43. The van der Waals surface area contributed by atoms with Crippen molar-refractivity contribution in [1.29, 1.82) is 0 Å². The summed E-state index contributed by atoms with van der Waals surface area (Å²) in [4.78, 5) is 32.3. The van der Waals surface area contributed by atoms with Gasteiger partial charge in [-0.1, -0.05) is 0 Å². The first-order chi connectivity index (χ1) is 8.52. The summed E-state index contributed by atoms with van der Waals surface area (Å²) in [6.45, 7) is 0. The van der Waals surface area contributed by atoms with Crippen molar-refractivity contribution in [3.05, 3.63) is 30.1 Å². The van der Waals surface area contributed by atoms with Gasteiger partial charge in [0.1, 0.15) is 11.9 Å². The number of benzene rings is 1. The van der Waals surface area contributed by atoms with Gasteiger partial charge < -0.3 is 15.7 Å². The Balaban J connectivity index is 2.57. The quantitative estimate of drug-likeness (QED) is 0.638. The van der Waals surface area contributed by atoms with Crippen molar-refractivity contribution in [2.45, 2.75) is 12.5 Å². The number of carbonyl (C=O) groups is 3. The topological polar surface area (TPSA) is 95.5 Å². The standard InChI is InChI=1S/C11H11FN2O4/c12-7-1-3-8(4-2-7)14-10(16)5-9(11(17)18)13-6-15/h1-4,6,9H,5H2,(H,13,15)(H,14,16)(H,17,18). The van der Waals surface area contributed by atoms with E-state index in [2.05, 4.69) is 5.32 Å². The van der Waals surface area contributed by atoms with Crippen LogP contribution in [0.2, 0.25) is 0 Å². The minimum absolute atomic E-state index is 0.212. The second-order valence-corrected chi connectivity index (χ2v) is 3.43. The Morgan fingerprint density at radius 3 is 2.44 bits per heavy atom. The van der Waals surface area contributed by atoms with E-state index >= 15 is 0 Å². The average molecular weight is 254 g/mol. The molecular formula is C11H11FN2O4. The van der Waals surface area contributed by atoms with Gasteiger partial charge in [-0.25, -0.2) is 9.18 Å². The summed E-state index contributed by atoms with van der Waals surface area (Å²) in [5.74, 6) is -2.35. The van der Waals surface area contributed by atoms with E-state index in [0.29, 0.717) is 5.69 Å². The molecule has 1 rings (SSSR count). The third kappa shape index (κ3) is 4.20. The first-order valence-electron chi connectivity index (χ1n) is 5.01. The Labute approximate surface area is 102 Å². The molecule has 2 amide bonds. The largest absolute Gasteiger partial charge is 0.480 e. The maximum atomic E-state index is 12.6. The summed E-state index contributed by atoms with van der Waals surface area (Å²) in [6, 6.07) is 3.72. The van der Waals surface area contributed by atoms with Gasteiger partial charge in [-0.3, -0.25) is 9.59 Å². The first kappa shape index (κ1) is 13.6. The van der Waals surface area contributed by atoms with Crippen molar-refractivity contribution in [3.63, 3.8) is 0 Å². The number of hydrogen-bond acceptors (Lipinski definition) is 3. The van der Waals surface area contributed by atoms with Gasteiger partial charge in [0.05, 0.1) is 6.42 Å². The van der Waals surface area contributed by atoms with Crippen LogP contribution in [-0.2, 0) is 14.4 Å². The molecule has 3 N–H and O–H groups in total. The molecule has 96 valence electrons. The molecule has 7 heteroatoms. The van der Waals surface area contributed by atoms with Gasteiger partial charge in [0.2, 0.25) is 12.3 Å². The summed E-state index contributed by atoms with van der Waals surface area (Å²) in [6.07, 6.45) is -0.199. The first-order valence-corrected chi connectivity index (χ1v) is 5.01. The van der Waals surface area contributed by atoms with Gasteiger partial charge in [-0.15, -0.1) is 0 Å². The minimum atomic E-state index is -1.31. The van der Waals surface area contributed by atoms with Crippen LogP contribution < -0.4 is 10.6 Å². The van der Waals surface area contributed by atoms with Crippen molar-refractivity contribution < 1.29 is 23.9 Å². The summed E-state index contributed by atoms with van der Waals surface area (Å²) in [7, 11) is 0. The molecular weight excluding hydrogens is 243 g/mol. The molecule has 0 bridgehead atoms. The summed E-state index contributed by atoms with van der Waals surface area (Å²) >= 11 is 0. The normalized spacial score (nSPS) is 11.4. The zero-order chi connectivity index (χ0) is 13.5. The fourth-order valence-electron chi connectivity index (χ4n) is 1.23. The Morgan fingerprint density at radius 2 is 1.94 bits per heavy atom. The highest BCUT2D eigenvalue weighted by atomic mass is 19.1. The lowest BCUT2D eigenvalue weighted by Crippen LogP contribution is -2.38. The number of hydrogen-bond donors (Lipinski definition) is 3. The molecule has 0 heterocycles. The third-order valence-corrected chi connectivity index (χ3v) is 2.08. The van der Waals surface area contributed by atoms with Crippen molar-refractivity contribution in [1.82, 2.24) is 5.32 Å². The molecule has 1 aromatic carbocycles. The van der Waals surface area contributed by atoms with E-state index in [9.17, 15) is 18.8 Å².